The van der Waals surface area contributed by atoms with Gasteiger partial charge in [-0.3, -0.25) is 4.98 Å². The summed E-state index contributed by atoms with van der Waals surface area (Å²) in [5, 5.41) is 0. The van der Waals surface area contributed by atoms with Crippen molar-refractivity contribution in [2.24, 2.45) is 0 Å². The summed E-state index contributed by atoms with van der Waals surface area (Å²) in [5.74, 6) is 0.819. The van der Waals surface area contributed by atoms with Crippen LogP contribution in [0.15, 0.2) is 12.3 Å². The first-order chi connectivity index (χ1) is 9.08. The monoisotopic (exact) mass is 283 g/mol. The van der Waals surface area contributed by atoms with E-state index < -0.39 is 5.67 Å². The summed E-state index contributed by atoms with van der Waals surface area (Å²) in [6, 6.07) is 1.88. The average molecular weight is 284 g/mol. The quantitative estimate of drug-likeness (QED) is 0.668. The number of hydrogen-bond donors (Lipinski definition) is 0. The molecule has 1 aliphatic rings. The van der Waals surface area contributed by atoms with Crippen LogP contribution in [0.3, 0.4) is 0 Å². The Morgan fingerprint density at radius 3 is 2.63 bits per heavy atom. The SMILES string of the molecule is CCC(C)(F)c1cc(CCl)ncc1C1CCCCC1. The molecule has 0 aliphatic heterocycles. The third-order valence-corrected chi connectivity index (χ3v) is 4.67. The summed E-state index contributed by atoms with van der Waals surface area (Å²) >= 11 is 5.85. The highest BCUT2D eigenvalue weighted by Crippen LogP contribution is 2.40. The standard InChI is InChI=1S/C16H23ClFN/c1-3-16(2,18)15-9-13(10-17)19-11-14(15)12-7-5-4-6-8-12/h9,11-12H,3-8,10H2,1-2H3. The van der Waals surface area contributed by atoms with E-state index in [4.69, 9.17) is 11.6 Å². The molecule has 0 aromatic carbocycles. The van der Waals surface area contributed by atoms with Gasteiger partial charge in [-0.1, -0.05) is 26.2 Å². The van der Waals surface area contributed by atoms with Crippen LogP contribution in [0, 0.1) is 0 Å². The van der Waals surface area contributed by atoms with Crippen molar-refractivity contribution < 1.29 is 4.39 Å². The Hall–Kier alpha value is -0.630. The molecule has 1 heterocycles. The average Bonchev–Trinajstić information content (AvgIpc) is 2.47. The third-order valence-electron chi connectivity index (χ3n) is 4.40. The second-order valence-corrected chi connectivity index (χ2v) is 6.05. The van der Waals surface area contributed by atoms with Crippen molar-refractivity contribution in [1.29, 1.82) is 0 Å². The van der Waals surface area contributed by atoms with E-state index in [0.717, 1.165) is 29.7 Å². The predicted molar refractivity (Wildman–Crippen MR) is 78.4 cm³/mol. The van der Waals surface area contributed by atoms with Crippen LogP contribution < -0.4 is 0 Å². The van der Waals surface area contributed by atoms with Gasteiger partial charge in [0, 0.05) is 6.20 Å². The van der Waals surface area contributed by atoms with E-state index in [-0.39, 0.29) is 0 Å². The molecule has 0 bridgehead atoms. The molecule has 2 rings (SSSR count). The van der Waals surface area contributed by atoms with Crippen LogP contribution in [0.2, 0.25) is 0 Å². The maximum Gasteiger partial charge on any atom is 0.133 e. The van der Waals surface area contributed by atoms with Crippen LogP contribution in [-0.4, -0.2) is 4.98 Å². The van der Waals surface area contributed by atoms with Gasteiger partial charge in [-0.25, -0.2) is 4.39 Å². The fourth-order valence-corrected chi connectivity index (χ4v) is 3.11. The molecule has 1 saturated carbocycles. The van der Waals surface area contributed by atoms with Crippen LogP contribution in [0.25, 0.3) is 0 Å². The molecule has 1 atom stereocenters. The summed E-state index contributed by atoms with van der Waals surface area (Å²) in [4.78, 5) is 4.38. The van der Waals surface area contributed by atoms with Crippen molar-refractivity contribution in [3.8, 4) is 0 Å². The molecule has 1 aromatic rings. The van der Waals surface area contributed by atoms with Crippen molar-refractivity contribution in [2.45, 2.75) is 69.8 Å². The van der Waals surface area contributed by atoms with Crippen LogP contribution in [-0.2, 0) is 11.5 Å². The minimum Gasteiger partial charge on any atom is -0.260 e. The van der Waals surface area contributed by atoms with Crippen LogP contribution >= 0.6 is 11.6 Å². The molecule has 1 aromatic heterocycles. The Balaban J connectivity index is 2.41. The maximum atomic E-state index is 14.8. The van der Waals surface area contributed by atoms with E-state index in [1.807, 2.05) is 19.2 Å². The second-order valence-electron chi connectivity index (χ2n) is 5.78. The second kappa shape index (κ2) is 6.21. The minimum atomic E-state index is -1.28. The molecule has 1 nitrogen and oxygen atoms in total. The number of nitrogens with zero attached hydrogens (tertiary/aromatic N) is 1. The lowest BCUT2D eigenvalue weighted by atomic mass is 9.79. The van der Waals surface area contributed by atoms with Gasteiger partial charge in [0.25, 0.3) is 0 Å². The molecule has 1 fully saturated rings. The third kappa shape index (κ3) is 3.28. The van der Waals surface area contributed by atoms with E-state index in [9.17, 15) is 4.39 Å². The van der Waals surface area contributed by atoms with Crippen molar-refractivity contribution in [3.63, 3.8) is 0 Å². The molecule has 0 radical (unpaired) electrons. The Bertz CT molecular complexity index is 425. The zero-order chi connectivity index (χ0) is 13.9. The maximum absolute atomic E-state index is 14.8. The van der Waals surface area contributed by atoms with Gasteiger partial charge in [-0.15, -0.1) is 11.6 Å². The van der Waals surface area contributed by atoms with E-state index in [1.165, 1.54) is 19.3 Å². The molecule has 0 saturated heterocycles. The molecule has 1 aliphatic carbocycles. The van der Waals surface area contributed by atoms with Gasteiger partial charge in [0.1, 0.15) is 5.67 Å². The number of aromatic nitrogens is 1. The fourth-order valence-electron chi connectivity index (χ4n) is 2.96. The summed E-state index contributed by atoms with van der Waals surface area (Å²) in [7, 11) is 0. The van der Waals surface area contributed by atoms with E-state index in [2.05, 4.69) is 4.98 Å². The van der Waals surface area contributed by atoms with Gasteiger partial charge in [0.05, 0.1) is 11.6 Å². The minimum absolute atomic E-state index is 0.345. The lowest BCUT2D eigenvalue weighted by Crippen LogP contribution is -2.20. The number of alkyl halides is 2. The van der Waals surface area contributed by atoms with Crippen LogP contribution in [0.1, 0.15) is 75.1 Å². The number of rotatable bonds is 4. The van der Waals surface area contributed by atoms with Gasteiger partial charge in [0.15, 0.2) is 0 Å². The summed E-state index contributed by atoms with van der Waals surface area (Å²) in [6.07, 6.45) is 8.48. The highest BCUT2D eigenvalue weighted by Gasteiger charge is 2.30. The van der Waals surface area contributed by atoms with Crippen molar-refractivity contribution in [3.05, 3.63) is 29.1 Å². The Kier molecular flexibility index (Phi) is 4.83. The molecule has 0 spiro atoms. The number of hydrogen-bond acceptors (Lipinski definition) is 1. The number of pyridine rings is 1. The summed E-state index contributed by atoms with van der Waals surface area (Å²) in [6.45, 7) is 3.57. The first kappa shape index (κ1) is 14.8. The van der Waals surface area contributed by atoms with Gasteiger partial charge < -0.3 is 0 Å². The molecule has 19 heavy (non-hydrogen) atoms. The van der Waals surface area contributed by atoms with Crippen molar-refractivity contribution in [2.75, 3.05) is 0 Å². The van der Waals surface area contributed by atoms with Crippen LogP contribution in [0.5, 0.6) is 0 Å². The van der Waals surface area contributed by atoms with Gasteiger partial charge in [-0.05, 0) is 49.3 Å². The smallest absolute Gasteiger partial charge is 0.133 e. The topological polar surface area (TPSA) is 12.9 Å². The highest BCUT2D eigenvalue weighted by molar-refractivity contribution is 6.16. The zero-order valence-electron chi connectivity index (χ0n) is 11.9. The fraction of sp³-hybridized carbons (Fsp3) is 0.688. The van der Waals surface area contributed by atoms with Crippen molar-refractivity contribution >= 4 is 11.6 Å². The van der Waals surface area contributed by atoms with Gasteiger partial charge in [-0.2, -0.15) is 0 Å². The molecular weight excluding hydrogens is 261 g/mol. The lowest BCUT2D eigenvalue weighted by molar-refractivity contribution is 0.182. The molecule has 0 amide bonds. The predicted octanol–water partition coefficient (Wildman–Crippen LogP) is 5.46. The summed E-state index contributed by atoms with van der Waals surface area (Å²) < 4.78 is 14.8. The first-order valence-electron chi connectivity index (χ1n) is 7.32. The Labute approximate surface area is 120 Å². The van der Waals surface area contributed by atoms with Gasteiger partial charge in [0.2, 0.25) is 0 Å². The van der Waals surface area contributed by atoms with Crippen LogP contribution in [0.4, 0.5) is 4.39 Å². The Morgan fingerprint density at radius 2 is 2.05 bits per heavy atom. The molecule has 1 unspecified atom stereocenters. The molecule has 106 valence electrons. The highest BCUT2D eigenvalue weighted by atomic mass is 35.5. The summed E-state index contributed by atoms with van der Waals surface area (Å²) in [5.41, 5.74) is 1.41. The zero-order valence-corrected chi connectivity index (χ0v) is 12.6. The lowest BCUT2D eigenvalue weighted by Gasteiger charge is -2.29. The molecule has 0 N–H and O–H groups in total. The number of halogens is 2. The molecule has 3 heteroatoms. The van der Waals surface area contributed by atoms with Crippen molar-refractivity contribution in [1.82, 2.24) is 4.98 Å². The van der Waals surface area contributed by atoms with Gasteiger partial charge >= 0.3 is 0 Å². The Morgan fingerprint density at radius 1 is 1.37 bits per heavy atom. The van der Waals surface area contributed by atoms with E-state index in [1.54, 1.807) is 6.92 Å². The normalized spacial score (nSPS) is 20.2. The van der Waals surface area contributed by atoms with E-state index in [0.29, 0.717) is 18.2 Å². The molecular formula is C16H23ClFN. The largest absolute Gasteiger partial charge is 0.260 e. The van der Waals surface area contributed by atoms with E-state index >= 15 is 0 Å². The first-order valence-corrected chi connectivity index (χ1v) is 7.86.